The van der Waals surface area contributed by atoms with Crippen LogP contribution in [0.25, 0.3) is 0 Å². The summed E-state index contributed by atoms with van der Waals surface area (Å²) in [7, 11) is 1.78. The first-order valence-electron chi connectivity index (χ1n) is 9.04. The lowest BCUT2D eigenvalue weighted by Crippen LogP contribution is -2.43. The fourth-order valence-corrected chi connectivity index (χ4v) is 3.64. The number of aryl methyl sites for hydroxylation is 1. The van der Waals surface area contributed by atoms with Gasteiger partial charge < -0.3 is 10.6 Å². The van der Waals surface area contributed by atoms with Crippen LogP contribution in [0.5, 0.6) is 0 Å². The number of fused-ring (bicyclic) bond motifs is 1. The number of hydrogen-bond acceptors (Lipinski definition) is 3. The molecule has 0 unspecified atom stereocenters. The van der Waals surface area contributed by atoms with E-state index in [0.29, 0.717) is 18.0 Å². The van der Waals surface area contributed by atoms with E-state index in [4.69, 9.17) is 0 Å². The summed E-state index contributed by atoms with van der Waals surface area (Å²) < 4.78 is 1.63. The fourth-order valence-electron chi connectivity index (χ4n) is 3.64. The Morgan fingerprint density at radius 2 is 2.00 bits per heavy atom. The summed E-state index contributed by atoms with van der Waals surface area (Å²) in [5.74, 6) is 0.209. The van der Waals surface area contributed by atoms with Gasteiger partial charge in [0.05, 0.1) is 17.8 Å². The van der Waals surface area contributed by atoms with Gasteiger partial charge in [0.15, 0.2) is 0 Å². The van der Waals surface area contributed by atoms with Gasteiger partial charge in [-0.25, -0.2) is 0 Å². The third-order valence-electron chi connectivity index (χ3n) is 4.69. The third kappa shape index (κ3) is 3.79. The summed E-state index contributed by atoms with van der Waals surface area (Å²) in [6.45, 7) is 5.75. The first-order chi connectivity index (χ1) is 12.3. The minimum atomic E-state index is -0.244. The van der Waals surface area contributed by atoms with Crippen molar-refractivity contribution in [2.24, 2.45) is 13.0 Å². The van der Waals surface area contributed by atoms with E-state index < -0.39 is 0 Å². The molecule has 1 aliphatic carbocycles. The first kappa shape index (κ1) is 18.2. The second-order valence-electron chi connectivity index (χ2n) is 7.40. The molecule has 0 bridgehead atoms. The molecule has 1 aromatic carbocycles. The molecule has 3 rings (SSSR count). The standard InChI is InChI=1S/C20H26N4O2/c1-12(2)9-15-11-18(24(4)23-15)20(26)22-19-16-8-6-5-7-14(16)10-17(19)21-13(3)25/h5-8,11-12,17,19H,9-10H2,1-4H3,(H,21,25)(H,22,26)/t17-,19-/m1/s1. The minimum Gasteiger partial charge on any atom is -0.351 e. The minimum absolute atomic E-state index is 0.0955. The summed E-state index contributed by atoms with van der Waals surface area (Å²) in [4.78, 5) is 24.5. The highest BCUT2D eigenvalue weighted by Crippen LogP contribution is 2.31. The molecule has 6 nitrogen and oxygen atoms in total. The normalized spacial score (nSPS) is 18.7. The van der Waals surface area contributed by atoms with E-state index in [-0.39, 0.29) is 23.9 Å². The molecule has 0 spiro atoms. The first-order valence-corrected chi connectivity index (χ1v) is 9.04. The van der Waals surface area contributed by atoms with Crippen LogP contribution in [0.2, 0.25) is 0 Å². The highest BCUT2D eigenvalue weighted by atomic mass is 16.2. The summed E-state index contributed by atoms with van der Waals surface area (Å²) in [5, 5.41) is 10.5. The topological polar surface area (TPSA) is 76.0 Å². The quantitative estimate of drug-likeness (QED) is 0.864. The Labute approximate surface area is 154 Å². The predicted molar refractivity (Wildman–Crippen MR) is 99.7 cm³/mol. The maximum atomic E-state index is 12.9. The average molecular weight is 354 g/mol. The molecular formula is C20H26N4O2. The van der Waals surface area contributed by atoms with Gasteiger partial charge in [-0.1, -0.05) is 38.1 Å². The third-order valence-corrected chi connectivity index (χ3v) is 4.69. The molecule has 2 atom stereocenters. The van der Waals surface area contributed by atoms with Crippen molar-refractivity contribution in [1.29, 1.82) is 0 Å². The number of hydrogen-bond donors (Lipinski definition) is 2. The Bertz CT molecular complexity index is 825. The van der Waals surface area contributed by atoms with Crippen molar-refractivity contribution in [3.8, 4) is 0 Å². The molecule has 1 aliphatic rings. The molecule has 26 heavy (non-hydrogen) atoms. The van der Waals surface area contributed by atoms with Gasteiger partial charge in [0.2, 0.25) is 5.91 Å². The molecule has 2 N–H and O–H groups in total. The predicted octanol–water partition coefficient (Wildman–Crippen LogP) is 2.15. The lowest BCUT2D eigenvalue weighted by Gasteiger charge is -2.22. The molecule has 6 heteroatoms. The Morgan fingerprint density at radius 3 is 2.69 bits per heavy atom. The van der Waals surface area contributed by atoms with Crippen LogP contribution in [0.3, 0.4) is 0 Å². The van der Waals surface area contributed by atoms with Crippen LogP contribution in [0.4, 0.5) is 0 Å². The number of nitrogens with one attached hydrogen (secondary N) is 2. The van der Waals surface area contributed by atoms with Crippen molar-refractivity contribution >= 4 is 11.8 Å². The number of aromatic nitrogens is 2. The van der Waals surface area contributed by atoms with Gasteiger partial charge in [-0.05, 0) is 36.0 Å². The Morgan fingerprint density at radius 1 is 1.27 bits per heavy atom. The van der Waals surface area contributed by atoms with Crippen molar-refractivity contribution in [2.45, 2.75) is 45.7 Å². The van der Waals surface area contributed by atoms with Crippen LogP contribution in [-0.2, 0) is 24.7 Å². The van der Waals surface area contributed by atoms with Crippen molar-refractivity contribution in [2.75, 3.05) is 0 Å². The van der Waals surface area contributed by atoms with E-state index >= 15 is 0 Å². The number of amides is 2. The molecule has 1 aromatic heterocycles. The lowest BCUT2D eigenvalue weighted by molar-refractivity contribution is -0.119. The van der Waals surface area contributed by atoms with E-state index in [2.05, 4.69) is 29.6 Å². The molecule has 2 amide bonds. The number of benzene rings is 1. The van der Waals surface area contributed by atoms with Crippen LogP contribution in [0, 0.1) is 5.92 Å². The summed E-state index contributed by atoms with van der Waals surface area (Å²) in [6.07, 6.45) is 1.55. The summed E-state index contributed by atoms with van der Waals surface area (Å²) >= 11 is 0. The van der Waals surface area contributed by atoms with Gasteiger partial charge >= 0.3 is 0 Å². The molecule has 2 aromatic rings. The van der Waals surface area contributed by atoms with Crippen molar-refractivity contribution in [1.82, 2.24) is 20.4 Å². The SMILES string of the molecule is CC(=O)N[C@@H]1Cc2ccccc2[C@H]1NC(=O)c1cc(CC(C)C)nn1C. The largest absolute Gasteiger partial charge is 0.351 e. The van der Waals surface area contributed by atoms with Crippen LogP contribution < -0.4 is 10.6 Å². The van der Waals surface area contributed by atoms with E-state index in [0.717, 1.165) is 23.2 Å². The van der Waals surface area contributed by atoms with Gasteiger partial charge in [-0.15, -0.1) is 0 Å². The summed E-state index contributed by atoms with van der Waals surface area (Å²) in [5.41, 5.74) is 3.66. The van der Waals surface area contributed by atoms with Crippen LogP contribution in [-0.4, -0.2) is 27.6 Å². The van der Waals surface area contributed by atoms with Gasteiger partial charge in [0.1, 0.15) is 5.69 Å². The lowest BCUT2D eigenvalue weighted by atomic mass is 10.1. The Hall–Kier alpha value is -2.63. The van der Waals surface area contributed by atoms with Gasteiger partial charge in [-0.2, -0.15) is 5.10 Å². The van der Waals surface area contributed by atoms with Crippen molar-refractivity contribution in [3.05, 3.63) is 52.8 Å². The van der Waals surface area contributed by atoms with E-state index in [1.54, 1.807) is 11.7 Å². The number of carbonyl (C=O) groups is 2. The second-order valence-corrected chi connectivity index (χ2v) is 7.40. The molecule has 0 radical (unpaired) electrons. The van der Waals surface area contributed by atoms with Gasteiger partial charge in [-0.3, -0.25) is 14.3 Å². The molecule has 0 saturated heterocycles. The van der Waals surface area contributed by atoms with Crippen LogP contribution in [0.1, 0.15) is 54.1 Å². The Kier molecular flexibility index (Phi) is 5.11. The molecule has 1 heterocycles. The highest BCUT2D eigenvalue weighted by molar-refractivity contribution is 5.93. The van der Waals surface area contributed by atoms with Crippen LogP contribution >= 0.6 is 0 Å². The Balaban J connectivity index is 1.82. The second kappa shape index (κ2) is 7.32. The fraction of sp³-hybridized carbons (Fsp3) is 0.450. The van der Waals surface area contributed by atoms with E-state index in [1.165, 1.54) is 6.92 Å². The molecule has 0 fully saturated rings. The van der Waals surface area contributed by atoms with Crippen molar-refractivity contribution in [3.63, 3.8) is 0 Å². The maximum Gasteiger partial charge on any atom is 0.270 e. The highest BCUT2D eigenvalue weighted by Gasteiger charge is 2.34. The van der Waals surface area contributed by atoms with Gasteiger partial charge in [0, 0.05) is 14.0 Å². The van der Waals surface area contributed by atoms with Crippen molar-refractivity contribution < 1.29 is 9.59 Å². The van der Waals surface area contributed by atoms with Gasteiger partial charge in [0.25, 0.3) is 5.91 Å². The molecular weight excluding hydrogens is 328 g/mol. The molecule has 0 aliphatic heterocycles. The maximum absolute atomic E-state index is 12.9. The summed E-state index contributed by atoms with van der Waals surface area (Å²) in [6, 6.07) is 9.45. The average Bonchev–Trinajstić information content (AvgIpc) is 3.07. The molecule has 0 saturated carbocycles. The zero-order chi connectivity index (χ0) is 18.8. The van der Waals surface area contributed by atoms with E-state index in [1.807, 2.05) is 30.3 Å². The number of rotatable bonds is 5. The smallest absolute Gasteiger partial charge is 0.270 e. The molecule has 138 valence electrons. The zero-order valence-corrected chi connectivity index (χ0v) is 15.7. The van der Waals surface area contributed by atoms with E-state index in [9.17, 15) is 9.59 Å². The van der Waals surface area contributed by atoms with Crippen LogP contribution in [0.15, 0.2) is 30.3 Å². The zero-order valence-electron chi connectivity index (χ0n) is 15.7. The monoisotopic (exact) mass is 354 g/mol. The number of carbonyl (C=O) groups excluding carboxylic acids is 2. The number of nitrogens with zero attached hydrogens (tertiary/aromatic N) is 2.